The molecule has 0 unspecified atom stereocenters. The maximum Gasteiger partial charge on any atom is 0.102 e. The van der Waals surface area contributed by atoms with Crippen molar-refractivity contribution in [2.24, 2.45) is 0 Å². The quantitative estimate of drug-likeness (QED) is 0.127. The standard InChI is InChI=1S/2C18H15P.2ClH.Pd/c2*1-4-10-16(11-5-1)19(17-12-6-2-7-13-17)18-14-8-3-9-15-18;;;/h2*1-15H;2*1H;/p+2. The van der Waals surface area contributed by atoms with Crippen molar-refractivity contribution in [3.05, 3.63) is 182 Å². The monoisotopic (exact) mass is 704 g/mol. The fourth-order valence-electron chi connectivity index (χ4n) is 4.63. The molecule has 0 fully saturated rings. The van der Waals surface area contributed by atoms with Crippen LogP contribution in [0.3, 0.4) is 0 Å². The van der Waals surface area contributed by atoms with E-state index in [1.807, 2.05) is 0 Å². The number of hydrogen-bond donors (Lipinski definition) is 0. The molecule has 6 aromatic rings. The van der Waals surface area contributed by atoms with Gasteiger partial charge in [-0.1, -0.05) is 109 Å². The molecule has 0 N–H and O–H groups in total. The van der Waals surface area contributed by atoms with E-state index in [0.29, 0.717) is 0 Å². The second-order valence-corrected chi connectivity index (χ2v) is 13.9. The van der Waals surface area contributed by atoms with Gasteiger partial charge in [0.25, 0.3) is 0 Å². The summed E-state index contributed by atoms with van der Waals surface area (Å²) in [5, 5.41) is 8.61. The molecule has 0 aliphatic heterocycles. The first-order valence-corrected chi connectivity index (χ1v) is 16.0. The maximum atomic E-state index is 2.24. The van der Waals surface area contributed by atoms with Crippen LogP contribution in [0, 0.1) is 0 Å². The molecule has 0 spiro atoms. The molecule has 6 aromatic carbocycles. The van der Waals surface area contributed by atoms with Crippen LogP contribution in [0.15, 0.2) is 182 Å². The van der Waals surface area contributed by atoms with Crippen molar-refractivity contribution in [1.29, 1.82) is 0 Å². The van der Waals surface area contributed by atoms with Gasteiger partial charge in [0.1, 0.15) is 31.8 Å². The van der Waals surface area contributed by atoms with Gasteiger partial charge in [-0.05, 0) is 72.8 Å². The van der Waals surface area contributed by atoms with E-state index in [-0.39, 0.29) is 45.2 Å². The molecule has 210 valence electrons. The third-order valence-electron chi connectivity index (χ3n) is 6.37. The fourth-order valence-corrected chi connectivity index (χ4v) is 9.78. The van der Waals surface area contributed by atoms with Crippen LogP contribution in [0.2, 0.25) is 0 Å². The Morgan fingerprint density at radius 2 is 0.341 bits per heavy atom. The minimum atomic E-state index is -0.877. The molecule has 0 nitrogen and oxygen atoms in total. The van der Waals surface area contributed by atoms with Crippen molar-refractivity contribution in [2.75, 3.05) is 0 Å². The topological polar surface area (TPSA) is 0 Å². The molecule has 5 heteroatoms. The van der Waals surface area contributed by atoms with Crippen LogP contribution in [-0.2, 0) is 20.4 Å². The summed E-state index contributed by atoms with van der Waals surface area (Å²) in [4.78, 5) is 0. The third-order valence-corrected chi connectivity index (χ3v) is 11.8. The summed E-state index contributed by atoms with van der Waals surface area (Å²) in [6.07, 6.45) is 0. The van der Waals surface area contributed by atoms with Gasteiger partial charge < -0.3 is 0 Å². The zero-order valence-electron chi connectivity index (χ0n) is 22.5. The molecule has 0 radical (unpaired) electrons. The van der Waals surface area contributed by atoms with Crippen molar-refractivity contribution in [3.8, 4) is 0 Å². The first kappa shape index (κ1) is 34.6. The average molecular weight is 706 g/mol. The Morgan fingerprint density at radius 3 is 0.463 bits per heavy atom. The van der Waals surface area contributed by atoms with Crippen LogP contribution in [0.5, 0.6) is 0 Å². The number of hydrogen-bond acceptors (Lipinski definition) is 0. The van der Waals surface area contributed by atoms with Gasteiger partial charge in [0.2, 0.25) is 0 Å². The fraction of sp³-hybridized carbons (Fsp3) is 0. The Bertz CT molecular complexity index is 1180. The predicted molar refractivity (Wildman–Crippen MR) is 188 cm³/mol. The molecule has 0 aliphatic rings. The summed E-state index contributed by atoms with van der Waals surface area (Å²) >= 11 is 0. The molecule has 0 saturated heterocycles. The molecule has 0 amide bonds. The Hall–Kier alpha value is -2.58. The molecule has 0 saturated carbocycles. The first-order valence-electron chi connectivity index (χ1n) is 13.0. The van der Waals surface area contributed by atoms with E-state index in [4.69, 9.17) is 0 Å². The van der Waals surface area contributed by atoms with Gasteiger partial charge in [-0.2, -0.15) is 0 Å². The van der Waals surface area contributed by atoms with E-state index in [2.05, 4.69) is 182 Å². The maximum absolute atomic E-state index is 2.24. The van der Waals surface area contributed by atoms with Crippen LogP contribution in [0.4, 0.5) is 0 Å². The second kappa shape index (κ2) is 18.8. The second-order valence-electron chi connectivity index (χ2n) is 8.95. The zero-order chi connectivity index (χ0) is 25.8. The van der Waals surface area contributed by atoms with Gasteiger partial charge >= 0.3 is 0 Å². The van der Waals surface area contributed by atoms with E-state index in [1.165, 1.54) is 31.8 Å². The van der Waals surface area contributed by atoms with Gasteiger partial charge in [0.15, 0.2) is 0 Å². The molecule has 6 rings (SSSR count). The Kier molecular flexibility index (Phi) is 15.9. The summed E-state index contributed by atoms with van der Waals surface area (Å²) in [6, 6.07) is 65.0. The van der Waals surface area contributed by atoms with Crippen LogP contribution < -0.4 is 31.8 Å². The summed E-state index contributed by atoms with van der Waals surface area (Å²) in [6.45, 7) is 0. The SMILES string of the molecule is Cl.Cl.[Pd].c1ccc([PH+](c2ccccc2)c2ccccc2)cc1.c1ccc([PH+](c2ccccc2)c2ccccc2)cc1. The van der Waals surface area contributed by atoms with Gasteiger partial charge in [0.05, 0.1) is 15.8 Å². The Labute approximate surface area is 273 Å². The van der Waals surface area contributed by atoms with E-state index >= 15 is 0 Å². The van der Waals surface area contributed by atoms with Crippen molar-refractivity contribution in [1.82, 2.24) is 0 Å². The van der Waals surface area contributed by atoms with Crippen molar-refractivity contribution in [3.63, 3.8) is 0 Å². The van der Waals surface area contributed by atoms with Gasteiger partial charge in [-0.25, -0.2) is 0 Å². The zero-order valence-corrected chi connectivity index (χ0v) is 27.6. The molecule has 41 heavy (non-hydrogen) atoms. The van der Waals surface area contributed by atoms with E-state index < -0.39 is 15.8 Å². The van der Waals surface area contributed by atoms with Crippen molar-refractivity contribution >= 4 is 72.5 Å². The van der Waals surface area contributed by atoms with E-state index in [0.717, 1.165) is 0 Å². The molecule has 0 aliphatic carbocycles. The molecular formula is C36H34Cl2P2Pd+2. The van der Waals surface area contributed by atoms with Gasteiger partial charge in [-0.15, -0.1) is 24.8 Å². The van der Waals surface area contributed by atoms with Crippen LogP contribution in [-0.4, -0.2) is 0 Å². The third kappa shape index (κ3) is 9.74. The largest absolute Gasteiger partial charge is 0.147 e. The van der Waals surface area contributed by atoms with Crippen molar-refractivity contribution in [2.45, 2.75) is 0 Å². The normalized spacial score (nSPS) is 9.80. The van der Waals surface area contributed by atoms with E-state index in [1.54, 1.807) is 0 Å². The Morgan fingerprint density at radius 1 is 0.220 bits per heavy atom. The molecule has 0 aromatic heterocycles. The summed E-state index contributed by atoms with van der Waals surface area (Å²) in [5.74, 6) is 0. The molecular weight excluding hydrogens is 672 g/mol. The molecule has 0 bridgehead atoms. The molecule has 0 atom stereocenters. The smallest absolute Gasteiger partial charge is 0.102 e. The Balaban J connectivity index is 0.000000267. The number of rotatable bonds is 6. The first-order chi connectivity index (χ1) is 18.9. The summed E-state index contributed by atoms with van der Waals surface area (Å²) < 4.78 is 0. The molecule has 0 heterocycles. The van der Waals surface area contributed by atoms with Crippen LogP contribution in [0.25, 0.3) is 0 Å². The summed E-state index contributed by atoms with van der Waals surface area (Å²) in [5.41, 5.74) is 0. The minimum absolute atomic E-state index is 0. The number of benzene rings is 6. The average Bonchev–Trinajstić information content (AvgIpc) is 3.01. The van der Waals surface area contributed by atoms with Crippen LogP contribution >= 0.6 is 40.7 Å². The van der Waals surface area contributed by atoms with E-state index in [9.17, 15) is 0 Å². The minimum Gasteiger partial charge on any atom is -0.147 e. The van der Waals surface area contributed by atoms with Gasteiger partial charge in [-0.3, -0.25) is 0 Å². The van der Waals surface area contributed by atoms with Crippen LogP contribution in [0.1, 0.15) is 0 Å². The predicted octanol–water partition coefficient (Wildman–Crippen LogP) is 7.20. The summed E-state index contributed by atoms with van der Waals surface area (Å²) in [7, 11) is -1.75. The van der Waals surface area contributed by atoms with Gasteiger partial charge in [0, 0.05) is 20.4 Å². The number of halogens is 2. The van der Waals surface area contributed by atoms with Crippen molar-refractivity contribution < 1.29 is 20.4 Å².